The van der Waals surface area contributed by atoms with Crippen molar-refractivity contribution >= 4 is 17.1 Å². The minimum Gasteiger partial charge on any atom is -0.443 e. The molecule has 0 aromatic heterocycles. The zero-order valence-corrected chi connectivity index (χ0v) is 10.1. The molecule has 0 aromatic carbocycles. The van der Waals surface area contributed by atoms with Gasteiger partial charge in [-0.15, -0.1) is 0 Å². The predicted molar refractivity (Wildman–Crippen MR) is 56.3 cm³/mol. The molecule has 1 saturated heterocycles. The van der Waals surface area contributed by atoms with E-state index in [4.69, 9.17) is 8.92 Å². The van der Waals surface area contributed by atoms with Crippen LogP contribution in [0.15, 0.2) is 0 Å². The van der Waals surface area contributed by atoms with Crippen molar-refractivity contribution in [2.24, 2.45) is 0 Å². The molecular weight excluding hydrogens is 222 g/mol. The average molecular weight is 239 g/mol. The van der Waals surface area contributed by atoms with Crippen molar-refractivity contribution in [2.45, 2.75) is 39.3 Å². The number of nitrogens with zero attached hydrogens (tertiary/aromatic N) is 1. The summed E-state index contributed by atoms with van der Waals surface area (Å²) in [6.07, 6.45) is -0.771. The summed E-state index contributed by atoms with van der Waals surface area (Å²) in [4.78, 5) is 11.6. The van der Waals surface area contributed by atoms with Crippen LogP contribution in [0.3, 0.4) is 0 Å². The van der Waals surface area contributed by atoms with Crippen molar-refractivity contribution in [1.82, 2.24) is 4.31 Å². The highest BCUT2D eigenvalue weighted by Gasteiger charge is 2.45. The standard InChI is InChI=1S/C8H17NO5S/c1-6-5-13-15(11,12)9(6)7(10)14-8(2,3)4/h6,11-12H,5H2,1-4H3/t6-/m1/s1. The molecule has 0 unspecified atom stereocenters. The Labute approximate surface area is 90.8 Å². The molecule has 1 rings (SSSR count). The van der Waals surface area contributed by atoms with Gasteiger partial charge in [-0.25, -0.2) is 9.10 Å². The van der Waals surface area contributed by atoms with E-state index in [1.54, 1.807) is 27.7 Å². The highest BCUT2D eigenvalue weighted by atomic mass is 32.3. The van der Waals surface area contributed by atoms with Crippen LogP contribution in [0.4, 0.5) is 4.79 Å². The second kappa shape index (κ2) is 3.82. The van der Waals surface area contributed by atoms with Crippen LogP contribution < -0.4 is 0 Å². The summed E-state index contributed by atoms with van der Waals surface area (Å²) in [7, 11) is 0. The van der Waals surface area contributed by atoms with Gasteiger partial charge in [0.15, 0.2) is 11.1 Å². The first-order valence-electron chi connectivity index (χ1n) is 4.58. The Bertz CT molecular complexity index is 262. The van der Waals surface area contributed by atoms with Crippen LogP contribution in [0.25, 0.3) is 0 Å². The average Bonchev–Trinajstić information content (AvgIpc) is 2.21. The van der Waals surface area contributed by atoms with Gasteiger partial charge >= 0.3 is 6.09 Å². The van der Waals surface area contributed by atoms with Gasteiger partial charge < -0.3 is 4.74 Å². The summed E-state index contributed by atoms with van der Waals surface area (Å²) in [5.41, 5.74) is -0.672. The topological polar surface area (TPSA) is 79.2 Å². The molecule has 1 atom stereocenters. The zero-order valence-electron chi connectivity index (χ0n) is 9.26. The third kappa shape index (κ3) is 2.97. The number of rotatable bonds is 0. The van der Waals surface area contributed by atoms with Crippen molar-refractivity contribution in [3.8, 4) is 0 Å². The van der Waals surface area contributed by atoms with E-state index in [2.05, 4.69) is 0 Å². The summed E-state index contributed by atoms with van der Waals surface area (Å²) < 4.78 is 29.5. The van der Waals surface area contributed by atoms with Gasteiger partial charge in [-0.05, 0) is 27.7 Å². The Morgan fingerprint density at radius 1 is 1.53 bits per heavy atom. The van der Waals surface area contributed by atoms with E-state index in [1.165, 1.54) is 0 Å². The molecule has 1 aliphatic rings. The van der Waals surface area contributed by atoms with E-state index in [9.17, 15) is 13.9 Å². The zero-order chi connectivity index (χ0) is 11.9. The maximum Gasteiger partial charge on any atom is 0.424 e. The molecule has 1 heterocycles. The smallest absolute Gasteiger partial charge is 0.424 e. The number of amides is 1. The normalized spacial score (nSPS) is 27.6. The van der Waals surface area contributed by atoms with Gasteiger partial charge in [0.1, 0.15) is 5.60 Å². The third-order valence-corrected chi connectivity index (χ3v) is 3.17. The van der Waals surface area contributed by atoms with Crippen molar-refractivity contribution in [1.29, 1.82) is 0 Å². The third-order valence-electron chi connectivity index (χ3n) is 1.70. The van der Waals surface area contributed by atoms with Gasteiger partial charge in [0.2, 0.25) is 0 Å². The minimum absolute atomic E-state index is 0.0988. The Kier molecular flexibility index (Phi) is 3.20. The lowest BCUT2D eigenvalue weighted by Crippen LogP contribution is -2.39. The molecule has 15 heavy (non-hydrogen) atoms. The van der Waals surface area contributed by atoms with E-state index in [-0.39, 0.29) is 6.61 Å². The quantitative estimate of drug-likeness (QED) is 0.677. The van der Waals surface area contributed by atoms with Gasteiger partial charge in [-0.1, -0.05) is 0 Å². The molecule has 2 N–H and O–H groups in total. The van der Waals surface area contributed by atoms with Crippen molar-refractivity contribution in [2.75, 3.05) is 6.61 Å². The first kappa shape index (κ1) is 12.6. The maximum atomic E-state index is 11.6. The van der Waals surface area contributed by atoms with Crippen molar-refractivity contribution < 1.29 is 22.8 Å². The van der Waals surface area contributed by atoms with E-state index < -0.39 is 28.8 Å². The second-order valence-corrected chi connectivity index (χ2v) is 5.97. The van der Waals surface area contributed by atoms with Crippen LogP contribution in [0.2, 0.25) is 0 Å². The van der Waals surface area contributed by atoms with E-state index in [0.29, 0.717) is 0 Å². The number of hydrogen-bond acceptors (Lipinski definition) is 5. The summed E-state index contributed by atoms with van der Waals surface area (Å²) >= 11 is -3.45. The Balaban J connectivity index is 2.74. The largest absolute Gasteiger partial charge is 0.443 e. The second-order valence-electron chi connectivity index (χ2n) is 4.41. The first-order chi connectivity index (χ1) is 6.63. The molecule has 0 aliphatic carbocycles. The molecule has 7 heteroatoms. The van der Waals surface area contributed by atoms with Crippen LogP contribution in [0.5, 0.6) is 0 Å². The number of ether oxygens (including phenoxy) is 1. The monoisotopic (exact) mass is 239 g/mol. The van der Waals surface area contributed by atoms with Gasteiger partial charge in [0.25, 0.3) is 0 Å². The summed E-state index contributed by atoms with van der Waals surface area (Å²) in [6, 6.07) is -0.398. The van der Waals surface area contributed by atoms with Crippen LogP contribution in [-0.2, 0) is 8.92 Å². The van der Waals surface area contributed by atoms with Crippen LogP contribution in [0.1, 0.15) is 27.7 Å². The van der Waals surface area contributed by atoms with Gasteiger partial charge in [0.05, 0.1) is 12.6 Å². The fraction of sp³-hybridized carbons (Fsp3) is 0.875. The number of carbonyl (C=O) groups is 1. The minimum atomic E-state index is -3.45. The lowest BCUT2D eigenvalue weighted by Gasteiger charge is -2.33. The molecule has 0 saturated carbocycles. The number of hydrogen-bond donors (Lipinski definition) is 2. The Morgan fingerprint density at radius 2 is 2.07 bits per heavy atom. The Morgan fingerprint density at radius 3 is 2.40 bits per heavy atom. The van der Waals surface area contributed by atoms with Crippen molar-refractivity contribution in [3.05, 3.63) is 0 Å². The first-order valence-corrected chi connectivity index (χ1v) is 6.01. The fourth-order valence-corrected chi connectivity index (χ4v) is 2.39. The van der Waals surface area contributed by atoms with E-state index in [0.717, 1.165) is 4.31 Å². The van der Waals surface area contributed by atoms with Crippen LogP contribution >= 0.6 is 11.1 Å². The maximum absolute atomic E-state index is 11.6. The molecule has 0 bridgehead atoms. The Hall–Kier alpha value is -0.500. The van der Waals surface area contributed by atoms with Gasteiger partial charge in [-0.3, -0.25) is 13.3 Å². The molecule has 90 valence electrons. The fourth-order valence-electron chi connectivity index (χ4n) is 1.13. The lowest BCUT2D eigenvalue weighted by atomic mass is 10.2. The van der Waals surface area contributed by atoms with Gasteiger partial charge in [0, 0.05) is 0 Å². The summed E-state index contributed by atoms with van der Waals surface area (Å²) in [5, 5.41) is 0. The molecule has 1 fully saturated rings. The number of carbonyl (C=O) groups excluding carboxylic acids is 1. The highest BCUT2D eigenvalue weighted by Crippen LogP contribution is 2.51. The van der Waals surface area contributed by atoms with Crippen molar-refractivity contribution in [3.63, 3.8) is 0 Å². The molecule has 6 nitrogen and oxygen atoms in total. The SMILES string of the molecule is C[C@@H]1COS(O)(O)N1C(=O)OC(C)(C)C. The van der Waals surface area contributed by atoms with Crippen LogP contribution in [-0.4, -0.2) is 37.8 Å². The molecule has 1 aliphatic heterocycles. The molecule has 0 radical (unpaired) electrons. The van der Waals surface area contributed by atoms with E-state index >= 15 is 0 Å². The summed E-state index contributed by atoms with van der Waals surface area (Å²) in [6.45, 7) is 6.88. The molecule has 1 amide bonds. The van der Waals surface area contributed by atoms with E-state index in [1.807, 2.05) is 0 Å². The highest BCUT2D eigenvalue weighted by molar-refractivity contribution is 8.18. The predicted octanol–water partition coefficient (Wildman–Crippen LogP) is 2.22. The molecular formula is C8H17NO5S. The summed E-state index contributed by atoms with van der Waals surface area (Å²) in [5.74, 6) is 0. The lowest BCUT2D eigenvalue weighted by molar-refractivity contribution is 0.0353. The van der Waals surface area contributed by atoms with Gasteiger partial charge in [-0.2, -0.15) is 0 Å². The molecule has 0 aromatic rings. The van der Waals surface area contributed by atoms with Crippen LogP contribution in [0, 0.1) is 0 Å². The molecule has 0 spiro atoms.